The Balaban J connectivity index is 1.41. The number of pyridine rings is 1. The number of carbonyl (C=O) groups is 1. The van der Waals surface area contributed by atoms with Crippen LogP contribution in [0.4, 0.5) is 34.6 Å². The number of hydrogen-bond donors (Lipinski definition) is 7. The number of benzene rings is 4. The number of nitrogens with one attached hydrogen (secondary N) is 3. The van der Waals surface area contributed by atoms with Gasteiger partial charge in [0.25, 0.3) is 35.9 Å². The van der Waals surface area contributed by atoms with Crippen molar-refractivity contribution in [2.45, 2.75) is 14.7 Å². The molecule has 0 amide bonds. The van der Waals surface area contributed by atoms with E-state index in [0.29, 0.717) is 11.6 Å². The quantitative estimate of drug-likeness (QED) is 0.0765. The van der Waals surface area contributed by atoms with E-state index in [-0.39, 0.29) is 44.7 Å². The number of aromatic nitrogens is 4. The Morgan fingerprint density at radius 1 is 0.667 bits per heavy atom. The van der Waals surface area contributed by atoms with E-state index >= 15 is 0 Å². The van der Waals surface area contributed by atoms with Crippen molar-refractivity contribution in [1.82, 2.24) is 19.5 Å². The number of aromatic hydroxyl groups is 1. The van der Waals surface area contributed by atoms with E-state index in [1.807, 2.05) is 6.11 Å². The number of fused-ring (bicyclic) bond motifs is 2. The Labute approximate surface area is 321 Å². The fourth-order valence-electron chi connectivity index (χ4n) is 6.23. The van der Waals surface area contributed by atoms with Gasteiger partial charge >= 0.3 is 6.01 Å². The lowest BCUT2D eigenvalue weighted by Crippen LogP contribution is -2.23. The molecule has 20 nitrogen and oxygen atoms in total. The minimum Gasteiger partial charge on any atom is -0.479 e. The number of ether oxygens (including phenoxy) is 1. The molecule has 0 saturated carbocycles. The van der Waals surface area contributed by atoms with Gasteiger partial charge in [-0.2, -0.15) is 40.2 Å². The molecule has 1 aliphatic rings. The predicted molar refractivity (Wildman–Crippen MR) is 201 cm³/mol. The van der Waals surface area contributed by atoms with Crippen LogP contribution in [0.5, 0.6) is 11.8 Å². The fourth-order valence-corrected chi connectivity index (χ4v) is 8.26. The molecule has 0 fully saturated rings. The van der Waals surface area contributed by atoms with Crippen LogP contribution in [0.2, 0.25) is 0 Å². The Kier molecular flexibility index (Phi) is 9.19. The van der Waals surface area contributed by atoms with E-state index < -0.39 is 85.7 Å². The molecule has 1 aliphatic carbocycles. The molecule has 7 N–H and O–H groups in total. The fraction of sp³-hybridized carbons (Fsp3) is 0.0294. The molecule has 0 atom stereocenters. The predicted octanol–water partition coefficient (Wildman–Crippen LogP) is 3.58. The van der Waals surface area contributed by atoms with E-state index in [1.165, 1.54) is 48.0 Å². The van der Waals surface area contributed by atoms with E-state index in [1.54, 1.807) is 18.2 Å². The minimum absolute atomic E-state index is 0.105. The summed E-state index contributed by atoms with van der Waals surface area (Å²) in [6.07, 6.45) is 7.39. The third kappa shape index (κ3) is 6.95. The Morgan fingerprint density at radius 2 is 1.23 bits per heavy atom. The molecule has 0 saturated heterocycles. The Hall–Kier alpha value is -6.94. The van der Waals surface area contributed by atoms with Crippen LogP contribution in [0.25, 0.3) is 22.0 Å². The maximum Gasteiger partial charge on any atom is 0.320 e. The first-order valence-electron chi connectivity index (χ1n) is 15.7. The molecule has 23 heteroatoms. The lowest BCUT2D eigenvalue weighted by Gasteiger charge is -2.25. The molecule has 4 aromatic carbocycles. The highest BCUT2D eigenvalue weighted by Crippen LogP contribution is 2.46. The van der Waals surface area contributed by atoms with Gasteiger partial charge in [0.05, 0.1) is 33.8 Å². The summed E-state index contributed by atoms with van der Waals surface area (Å²) >= 11 is 0. The number of anilines is 6. The summed E-state index contributed by atoms with van der Waals surface area (Å²) in [5.41, 5.74) is -1.58. The second-order valence-electron chi connectivity index (χ2n) is 12.0. The SMILES string of the molecule is C#COc1c2c3c(c(Nc4cc(Nc5nc(O)nc(Nc6ccccc6S(=O)(=O)O)n5)c(S(=O)(=O)O)cc4S(=O)(=O)O)ccc3n(C)c1=O)C(=O)c1ccccc1-2. The third-order valence-electron chi connectivity index (χ3n) is 8.54. The summed E-state index contributed by atoms with van der Waals surface area (Å²) in [6.45, 7) is 0. The van der Waals surface area contributed by atoms with Gasteiger partial charge in [-0.25, -0.2) is 0 Å². The van der Waals surface area contributed by atoms with Gasteiger partial charge in [0.15, 0.2) is 5.78 Å². The minimum atomic E-state index is -5.34. The lowest BCUT2D eigenvalue weighted by molar-refractivity contribution is 0.104. The van der Waals surface area contributed by atoms with Gasteiger partial charge in [-0.1, -0.05) is 42.8 Å². The van der Waals surface area contributed by atoms with E-state index in [0.717, 1.165) is 12.1 Å². The summed E-state index contributed by atoms with van der Waals surface area (Å²) in [5.74, 6) is -2.10. The van der Waals surface area contributed by atoms with Crippen LogP contribution in [-0.4, -0.2) is 69.3 Å². The Morgan fingerprint density at radius 3 is 1.84 bits per heavy atom. The highest BCUT2D eigenvalue weighted by Gasteiger charge is 2.34. The first-order chi connectivity index (χ1) is 26.8. The van der Waals surface area contributed by atoms with E-state index in [9.17, 15) is 53.6 Å². The number of para-hydroxylation sites is 1. The molecule has 57 heavy (non-hydrogen) atoms. The first kappa shape index (κ1) is 38.3. The van der Waals surface area contributed by atoms with Crippen LogP contribution < -0.4 is 26.2 Å². The summed E-state index contributed by atoms with van der Waals surface area (Å²) < 4.78 is 111. The van der Waals surface area contributed by atoms with Crippen molar-refractivity contribution in [3.05, 3.63) is 94.3 Å². The van der Waals surface area contributed by atoms with Crippen LogP contribution in [0, 0.1) is 12.5 Å². The summed E-state index contributed by atoms with van der Waals surface area (Å²) in [7, 11) is -14.0. The van der Waals surface area contributed by atoms with Crippen molar-refractivity contribution < 1.29 is 53.5 Å². The normalized spacial score (nSPS) is 12.4. The molecular weight excluding hydrogens is 811 g/mol. The summed E-state index contributed by atoms with van der Waals surface area (Å²) in [6, 6.07) is 14.1. The molecule has 0 unspecified atom stereocenters. The van der Waals surface area contributed by atoms with Crippen molar-refractivity contribution in [1.29, 1.82) is 0 Å². The van der Waals surface area contributed by atoms with Crippen LogP contribution in [0.15, 0.2) is 92.3 Å². The van der Waals surface area contributed by atoms with E-state index in [4.69, 9.17) is 11.2 Å². The molecule has 0 bridgehead atoms. The average Bonchev–Trinajstić information content (AvgIpc) is 3.12. The van der Waals surface area contributed by atoms with Gasteiger partial charge in [-0.15, -0.1) is 0 Å². The number of carbonyl (C=O) groups excluding carboxylic acids is 1. The second-order valence-corrected chi connectivity index (χ2v) is 16.1. The topological polar surface area (TPSA) is 306 Å². The number of ketones is 1. The number of rotatable bonds is 10. The molecule has 0 radical (unpaired) electrons. The van der Waals surface area contributed by atoms with Gasteiger partial charge in [-0.3, -0.25) is 23.2 Å². The monoisotopic (exact) mass is 833 g/mol. The Bertz CT molecular complexity index is 3200. The molecule has 0 spiro atoms. The van der Waals surface area contributed by atoms with Crippen LogP contribution >= 0.6 is 0 Å². The standard InChI is InChI=1S/C34H23N7O13S3/c1-3-54-30-26-16-8-4-5-9-17(16)29(42)27-19(12-13-22(28(26)27)41(2)31(30)43)35-20-14-21(25(57(51,52)53)15-24(20)56(48,49)50)37-33-38-32(39-34(44)40-33)36-18-10-6-7-11-23(18)55(45,46)47/h1,4-15,35H,2H3,(H,45,46,47)(H,48,49,50)(H,51,52,53)(H3,36,37,38,39,40,44). The summed E-state index contributed by atoms with van der Waals surface area (Å²) in [5, 5.41) is 18.1. The van der Waals surface area contributed by atoms with Crippen molar-refractivity contribution >= 4 is 81.7 Å². The zero-order valence-electron chi connectivity index (χ0n) is 28.5. The van der Waals surface area contributed by atoms with Crippen LogP contribution in [-0.2, 0) is 37.4 Å². The van der Waals surface area contributed by atoms with Gasteiger partial charge in [0.2, 0.25) is 17.6 Å². The van der Waals surface area contributed by atoms with Crippen molar-refractivity contribution in [2.75, 3.05) is 16.0 Å². The molecule has 290 valence electrons. The lowest BCUT2D eigenvalue weighted by atomic mass is 9.82. The number of hydrogen-bond acceptors (Lipinski definition) is 16. The van der Waals surface area contributed by atoms with Gasteiger partial charge in [0.1, 0.15) is 20.8 Å². The van der Waals surface area contributed by atoms with Gasteiger partial charge in [0, 0.05) is 23.6 Å². The number of terminal acetylenes is 1. The van der Waals surface area contributed by atoms with Gasteiger partial charge < -0.3 is 30.4 Å². The van der Waals surface area contributed by atoms with Crippen LogP contribution in [0.3, 0.4) is 0 Å². The average molecular weight is 834 g/mol. The smallest absolute Gasteiger partial charge is 0.320 e. The largest absolute Gasteiger partial charge is 0.479 e. The van der Waals surface area contributed by atoms with E-state index in [2.05, 4.69) is 30.9 Å². The molecular formula is C34H23N7O13S3. The van der Waals surface area contributed by atoms with Crippen molar-refractivity contribution in [3.8, 4) is 35.4 Å². The molecule has 2 aromatic heterocycles. The number of aryl methyl sites for hydroxylation is 1. The second kappa shape index (κ2) is 13.7. The maximum atomic E-state index is 14.2. The summed E-state index contributed by atoms with van der Waals surface area (Å²) in [4.78, 5) is 36.0. The zero-order valence-corrected chi connectivity index (χ0v) is 30.9. The van der Waals surface area contributed by atoms with Crippen molar-refractivity contribution in [2.24, 2.45) is 7.05 Å². The molecule has 2 heterocycles. The highest BCUT2D eigenvalue weighted by molar-refractivity contribution is 7.87. The molecule has 0 aliphatic heterocycles. The third-order valence-corrected chi connectivity index (χ3v) is 11.2. The highest BCUT2D eigenvalue weighted by atomic mass is 32.2. The first-order valence-corrected chi connectivity index (χ1v) is 20.0. The zero-order chi connectivity index (χ0) is 41.2. The maximum absolute atomic E-state index is 14.2. The molecule has 6 aromatic rings. The van der Waals surface area contributed by atoms with Crippen LogP contribution in [0.1, 0.15) is 15.9 Å². The van der Waals surface area contributed by atoms with Crippen molar-refractivity contribution in [3.63, 3.8) is 0 Å². The van der Waals surface area contributed by atoms with Gasteiger partial charge in [-0.05, 0) is 42.0 Å². The number of nitrogens with zero attached hydrogens (tertiary/aromatic N) is 4. The molecule has 7 rings (SSSR count).